The van der Waals surface area contributed by atoms with Gasteiger partial charge in [0.25, 0.3) is 0 Å². The zero-order valence-corrected chi connectivity index (χ0v) is 11.5. The van der Waals surface area contributed by atoms with Crippen LogP contribution in [0.4, 0.5) is 4.39 Å². The minimum absolute atomic E-state index is 0.0638. The van der Waals surface area contributed by atoms with Crippen LogP contribution in [-0.2, 0) is 11.2 Å². The van der Waals surface area contributed by atoms with E-state index in [2.05, 4.69) is 21.4 Å². The molecule has 1 rings (SSSR count). The van der Waals surface area contributed by atoms with E-state index in [-0.39, 0.29) is 11.9 Å². The molecule has 0 saturated heterocycles. The predicted molar refractivity (Wildman–Crippen MR) is 70.0 cm³/mol. The lowest BCUT2D eigenvalue weighted by molar-refractivity contribution is 0.188. The lowest BCUT2D eigenvalue weighted by Crippen LogP contribution is -2.37. The highest BCUT2D eigenvalue weighted by atomic mass is 79.9. The molecule has 3 N–H and O–H groups in total. The fourth-order valence-corrected chi connectivity index (χ4v) is 2.09. The fraction of sp³-hybridized carbons (Fsp3) is 0.500. The first kappa shape index (κ1) is 14.6. The van der Waals surface area contributed by atoms with Crippen molar-refractivity contribution in [3.63, 3.8) is 0 Å². The number of benzene rings is 1. The number of rotatable bonds is 7. The Bertz CT molecular complexity index is 349. The number of halogens is 2. The van der Waals surface area contributed by atoms with E-state index in [0.29, 0.717) is 18.6 Å². The third kappa shape index (κ3) is 5.12. The molecule has 0 fully saturated rings. The molecule has 0 bridgehead atoms. The van der Waals surface area contributed by atoms with Gasteiger partial charge < -0.3 is 4.74 Å². The normalized spacial score (nSPS) is 12.7. The first-order chi connectivity index (χ1) is 8.17. The SMILES string of the molecule is COCCCC(Cc1cc(Br)ccc1F)NN. The van der Waals surface area contributed by atoms with Gasteiger partial charge in [-0.2, -0.15) is 0 Å². The van der Waals surface area contributed by atoms with E-state index >= 15 is 0 Å². The molecule has 1 aromatic carbocycles. The molecule has 0 aliphatic carbocycles. The molecule has 0 aromatic heterocycles. The van der Waals surface area contributed by atoms with Crippen molar-refractivity contribution in [3.8, 4) is 0 Å². The summed E-state index contributed by atoms with van der Waals surface area (Å²) in [4.78, 5) is 0. The van der Waals surface area contributed by atoms with Crippen LogP contribution < -0.4 is 11.3 Å². The first-order valence-electron chi connectivity index (χ1n) is 5.56. The molecule has 0 radical (unpaired) electrons. The number of hydrazine groups is 1. The molecule has 0 heterocycles. The molecule has 3 nitrogen and oxygen atoms in total. The second-order valence-electron chi connectivity index (χ2n) is 3.94. The summed E-state index contributed by atoms with van der Waals surface area (Å²) in [7, 11) is 1.67. The van der Waals surface area contributed by atoms with Crippen LogP contribution in [0, 0.1) is 5.82 Å². The third-order valence-corrected chi connectivity index (χ3v) is 3.10. The maximum Gasteiger partial charge on any atom is 0.126 e. The lowest BCUT2D eigenvalue weighted by Gasteiger charge is -2.16. The third-order valence-electron chi connectivity index (χ3n) is 2.61. The van der Waals surface area contributed by atoms with Crippen molar-refractivity contribution in [2.24, 2.45) is 5.84 Å². The maximum absolute atomic E-state index is 13.5. The largest absolute Gasteiger partial charge is 0.385 e. The lowest BCUT2D eigenvalue weighted by atomic mass is 10.0. The van der Waals surface area contributed by atoms with Crippen LogP contribution in [0.15, 0.2) is 22.7 Å². The fourth-order valence-electron chi connectivity index (χ4n) is 1.68. The molecule has 5 heteroatoms. The number of nitrogens with two attached hydrogens (primary N) is 1. The van der Waals surface area contributed by atoms with Crippen molar-refractivity contribution >= 4 is 15.9 Å². The summed E-state index contributed by atoms with van der Waals surface area (Å²) in [6, 6.07) is 5.00. The molecule has 0 saturated carbocycles. The molecule has 0 aliphatic rings. The minimum atomic E-state index is -0.194. The Kier molecular flexibility index (Phi) is 6.65. The van der Waals surface area contributed by atoms with Crippen LogP contribution in [0.2, 0.25) is 0 Å². The summed E-state index contributed by atoms with van der Waals surface area (Å²) < 4.78 is 19.4. The van der Waals surface area contributed by atoms with E-state index in [1.165, 1.54) is 6.07 Å². The Morgan fingerprint density at radius 1 is 1.53 bits per heavy atom. The smallest absolute Gasteiger partial charge is 0.126 e. The van der Waals surface area contributed by atoms with Gasteiger partial charge in [0, 0.05) is 24.2 Å². The second kappa shape index (κ2) is 7.76. The van der Waals surface area contributed by atoms with Gasteiger partial charge in [0.2, 0.25) is 0 Å². The van der Waals surface area contributed by atoms with Crippen molar-refractivity contribution in [2.75, 3.05) is 13.7 Å². The number of hydrogen-bond donors (Lipinski definition) is 2. The topological polar surface area (TPSA) is 47.3 Å². The van der Waals surface area contributed by atoms with Crippen LogP contribution in [0.25, 0.3) is 0 Å². The van der Waals surface area contributed by atoms with Crippen LogP contribution >= 0.6 is 15.9 Å². The number of ether oxygens (including phenoxy) is 1. The van der Waals surface area contributed by atoms with Crippen LogP contribution in [0.1, 0.15) is 18.4 Å². The summed E-state index contributed by atoms with van der Waals surface area (Å²) in [6.07, 6.45) is 2.34. The standard InChI is InChI=1S/C12H18BrFN2O/c1-17-6-2-3-11(16-15)8-9-7-10(13)4-5-12(9)14/h4-5,7,11,16H,2-3,6,8,15H2,1H3. The van der Waals surface area contributed by atoms with Gasteiger partial charge >= 0.3 is 0 Å². The van der Waals surface area contributed by atoms with E-state index in [0.717, 1.165) is 17.3 Å². The van der Waals surface area contributed by atoms with Crippen molar-refractivity contribution in [1.82, 2.24) is 5.43 Å². The quantitative estimate of drug-likeness (QED) is 0.462. The van der Waals surface area contributed by atoms with Gasteiger partial charge in [-0.25, -0.2) is 4.39 Å². The highest BCUT2D eigenvalue weighted by Gasteiger charge is 2.11. The van der Waals surface area contributed by atoms with Gasteiger partial charge in [-0.05, 0) is 43.0 Å². The molecule has 1 unspecified atom stereocenters. The second-order valence-corrected chi connectivity index (χ2v) is 4.85. The number of nitrogens with one attached hydrogen (secondary N) is 1. The predicted octanol–water partition coefficient (Wildman–Crippen LogP) is 2.39. The number of hydrogen-bond acceptors (Lipinski definition) is 3. The van der Waals surface area contributed by atoms with Gasteiger partial charge in [0.1, 0.15) is 5.82 Å². The molecular formula is C12H18BrFN2O. The summed E-state index contributed by atoms with van der Waals surface area (Å²) in [5.74, 6) is 5.27. The van der Waals surface area contributed by atoms with Crippen molar-refractivity contribution < 1.29 is 9.13 Å². The average molecular weight is 305 g/mol. The molecule has 17 heavy (non-hydrogen) atoms. The van der Waals surface area contributed by atoms with E-state index in [4.69, 9.17) is 10.6 Å². The summed E-state index contributed by atoms with van der Waals surface area (Å²) in [5.41, 5.74) is 3.39. The molecule has 1 atom stereocenters. The van der Waals surface area contributed by atoms with E-state index in [1.807, 2.05) is 0 Å². The molecule has 96 valence electrons. The summed E-state index contributed by atoms with van der Waals surface area (Å²) in [5, 5.41) is 0. The molecule has 0 spiro atoms. The monoisotopic (exact) mass is 304 g/mol. The molecule has 1 aromatic rings. The van der Waals surface area contributed by atoms with Gasteiger partial charge in [-0.3, -0.25) is 11.3 Å². The molecule has 0 aliphatic heterocycles. The van der Waals surface area contributed by atoms with Gasteiger partial charge in [-0.1, -0.05) is 15.9 Å². The van der Waals surface area contributed by atoms with Crippen molar-refractivity contribution in [2.45, 2.75) is 25.3 Å². The highest BCUT2D eigenvalue weighted by molar-refractivity contribution is 9.10. The zero-order chi connectivity index (χ0) is 12.7. The minimum Gasteiger partial charge on any atom is -0.385 e. The Morgan fingerprint density at radius 2 is 2.29 bits per heavy atom. The number of methoxy groups -OCH3 is 1. The van der Waals surface area contributed by atoms with Gasteiger partial charge in [0.15, 0.2) is 0 Å². The molecular weight excluding hydrogens is 287 g/mol. The van der Waals surface area contributed by atoms with Crippen molar-refractivity contribution in [1.29, 1.82) is 0 Å². The Labute approximate surface area is 110 Å². The Hall–Kier alpha value is -0.490. The zero-order valence-electron chi connectivity index (χ0n) is 9.88. The van der Waals surface area contributed by atoms with Gasteiger partial charge in [0.05, 0.1) is 0 Å². The first-order valence-corrected chi connectivity index (χ1v) is 6.35. The maximum atomic E-state index is 13.5. The van der Waals surface area contributed by atoms with Crippen LogP contribution in [-0.4, -0.2) is 19.8 Å². The summed E-state index contributed by atoms with van der Waals surface area (Å²) >= 11 is 3.33. The van der Waals surface area contributed by atoms with Crippen molar-refractivity contribution in [3.05, 3.63) is 34.1 Å². The Morgan fingerprint density at radius 3 is 2.94 bits per heavy atom. The van der Waals surface area contributed by atoms with Crippen LogP contribution in [0.3, 0.4) is 0 Å². The van der Waals surface area contributed by atoms with E-state index in [1.54, 1.807) is 19.2 Å². The van der Waals surface area contributed by atoms with Crippen LogP contribution in [0.5, 0.6) is 0 Å². The van der Waals surface area contributed by atoms with E-state index < -0.39 is 0 Å². The average Bonchev–Trinajstić information content (AvgIpc) is 2.32. The summed E-state index contributed by atoms with van der Waals surface area (Å²) in [6.45, 7) is 0.694. The Balaban J connectivity index is 2.57. The van der Waals surface area contributed by atoms with Gasteiger partial charge in [-0.15, -0.1) is 0 Å². The highest BCUT2D eigenvalue weighted by Crippen LogP contribution is 2.17. The van der Waals surface area contributed by atoms with E-state index in [9.17, 15) is 4.39 Å². The molecule has 0 amide bonds.